The van der Waals surface area contributed by atoms with E-state index in [9.17, 15) is 4.79 Å². The SMILES string of the molecule is NC1(c2nc3c(c(=O)[nH]2)CSC3)CCCCC1. The Morgan fingerprint density at radius 1 is 1.24 bits per heavy atom. The van der Waals surface area contributed by atoms with Crippen molar-refractivity contribution < 1.29 is 0 Å². The molecular formula is C12H17N3OS. The summed E-state index contributed by atoms with van der Waals surface area (Å²) in [6.45, 7) is 0. The van der Waals surface area contributed by atoms with E-state index in [0.29, 0.717) is 5.82 Å². The maximum atomic E-state index is 12.0. The lowest BCUT2D eigenvalue weighted by molar-refractivity contribution is 0.285. The molecule has 1 aliphatic carbocycles. The normalized spacial score (nSPS) is 22.4. The molecule has 5 heteroatoms. The minimum atomic E-state index is -0.403. The van der Waals surface area contributed by atoms with Gasteiger partial charge in [0.05, 0.1) is 11.2 Å². The molecule has 17 heavy (non-hydrogen) atoms. The van der Waals surface area contributed by atoms with Crippen molar-refractivity contribution in [1.82, 2.24) is 9.97 Å². The van der Waals surface area contributed by atoms with Gasteiger partial charge in [-0.3, -0.25) is 4.79 Å². The molecule has 0 bridgehead atoms. The van der Waals surface area contributed by atoms with Crippen molar-refractivity contribution in [3.63, 3.8) is 0 Å². The quantitative estimate of drug-likeness (QED) is 0.796. The third-order valence-corrected chi connectivity index (χ3v) is 4.77. The Morgan fingerprint density at radius 2 is 2.00 bits per heavy atom. The first-order valence-electron chi connectivity index (χ1n) is 6.18. The fraction of sp³-hybridized carbons (Fsp3) is 0.667. The van der Waals surface area contributed by atoms with Crippen LogP contribution in [0.4, 0.5) is 0 Å². The van der Waals surface area contributed by atoms with E-state index in [-0.39, 0.29) is 5.56 Å². The Bertz CT molecular complexity index is 491. The Morgan fingerprint density at radius 3 is 2.76 bits per heavy atom. The number of aromatic nitrogens is 2. The van der Waals surface area contributed by atoms with Crippen LogP contribution in [0.2, 0.25) is 0 Å². The average molecular weight is 251 g/mol. The van der Waals surface area contributed by atoms with E-state index in [1.807, 2.05) is 0 Å². The number of H-pyrrole nitrogens is 1. The highest BCUT2D eigenvalue weighted by Crippen LogP contribution is 2.34. The Kier molecular flexibility index (Phi) is 2.75. The van der Waals surface area contributed by atoms with Crippen molar-refractivity contribution in [2.45, 2.75) is 49.1 Å². The van der Waals surface area contributed by atoms with E-state index in [4.69, 9.17) is 5.73 Å². The van der Waals surface area contributed by atoms with Crippen molar-refractivity contribution in [2.75, 3.05) is 0 Å². The number of rotatable bonds is 1. The van der Waals surface area contributed by atoms with Crippen molar-refractivity contribution >= 4 is 11.8 Å². The number of hydrogen-bond donors (Lipinski definition) is 2. The maximum Gasteiger partial charge on any atom is 0.255 e. The highest BCUT2D eigenvalue weighted by molar-refractivity contribution is 7.98. The lowest BCUT2D eigenvalue weighted by Crippen LogP contribution is -2.42. The Hall–Kier alpha value is -0.810. The minimum Gasteiger partial charge on any atom is -0.319 e. The molecule has 0 radical (unpaired) electrons. The lowest BCUT2D eigenvalue weighted by Gasteiger charge is -2.32. The van der Waals surface area contributed by atoms with Gasteiger partial charge in [0.2, 0.25) is 0 Å². The number of aromatic amines is 1. The van der Waals surface area contributed by atoms with Gasteiger partial charge in [-0.1, -0.05) is 19.3 Å². The molecule has 0 saturated heterocycles. The molecule has 4 nitrogen and oxygen atoms in total. The van der Waals surface area contributed by atoms with E-state index in [0.717, 1.165) is 48.4 Å². The van der Waals surface area contributed by atoms with Crippen LogP contribution in [0.3, 0.4) is 0 Å². The van der Waals surface area contributed by atoms with Gasteiger partial charge >= 0.3 is 0 Å². The number of nitrogens with zero attached hydrogens (tertiary/aromatic N) is 1. The van der Waals surface area contributed by atoms with Gasteiger partial charge in [0.15, 0.2) is 0 Å². The zero-order valence-electron chi connectivity index (χ0n) is 9.79. The summed E-state index contributed by atoms with van der Waals surface area (Å²) >= 11 is 1.75. The van der Waals surface area contributed by atoms with Crippen LogP contribution in [0.25, 0.3) is 0 Å². The third kappa shape index (κ3) is 1.91. The smallest absolute Gasteiger partial charge is 0.255 e. The van der Waals surface area contributed by atoms with E-state index >= 15 is 0 Å². The van der Waals surface area contributed by atoms with Gasteiger partial charge in [-0.15, -0.1) is 0 Å². The van der Waals surface area contributed by atoms with Crippen LogP contribution in [0.5, 0.6) is 0 Å². The van der Waals surface area contributed by atoms with Crippen LogP contribution in [0.1, 0.15) is 49.2 Å². The van der Waals surface area contributed by atoms with Gasteiger partial charge in [-0.05, 0) is 12.8 Å². The van der Waals surface area contributed by atoms with Crippen molar-refractivity contribution in [3.8, 4) is 0 Å². The molecule has 1 aliphatic heterocycles. The summed E-state index contributed by atoms with van der Waals surface area (Å²) in [5.41, 5.74) is 7.81. The molecule has 3 N–H and O–H groups in total. The molecular weight excluding hydrogens is 234 g/mol. The molecule has 3 rings (SSSR count). The van der Waals surface area contributed by atoms with Crippen LogP contribution in [0.15, 0.2) is 4.79 Å². The summed E-state index contributed by atoms with van der Waals surface area (Å²) in [6, 6.07) is 0. The summed E-state index contributed by atoms with van der Waals surface area (Å²) in [6.07, 6.45) is 5.37. The molecule has 0 amide bonds. The van der Waals surface area contributed by atoms with Crippen LogP contribution in [0, 0.1) is 0 Å². The molecule has 0 spiro atoms. The van der Waals surface area contributed by atoms with Gasteiger partial charge < -0.3 is 10.7 Å². The summed E-state index contributed by atoms with van der Waals surface area (Å²) in [4.78, 5) is 19.5. The van der Waals surface area contributed by atoms with Crippen LogP contribution in [-0.4, -0.2) is 9.97 Å². The highest BCUT2D eigenvalue weighted by Gasteiger charge is 2.33. The minimum absolute atomic E-state index is 0.0189. The summed E-state index contributed by atoms with van der Waals surface area (Å²) in [7, 11) is 0. The monoisotopic (exact) mass is 251 g/mol. The standard InChI is InChI=1S/C12H17N3OS/c13-12(4-2-1-3-5-12)11-14-9-7-17-6-8(9)10(16)15-11/h1-7,13H2,(H,14,15,16). The van der Waals surface area contributed by atoms with E-state index in [1.54, 1.807) is 11.8 Å². The number of nitrogens with one attached hydrogen (secondary N) is 1. The fourth-order valence-corrected chi connectivity index (χ4v) is 3.75. The predicted octanol–water partition coefficient (Wildman–Crippen LogP) is 1.63. The zero-order chi connectivity index (χ0) is 11.9. The maximum absolute atomic E-state index is 12.0. The number of thioether (sulfide) groups is 1. The average Bonchev–Trinajstić information content (AvgIpc) is 2.78. The molecule has 0 atom stereocenters. The number of nitrogens with two attached hydrogens (primary N) is 1. The topological polar surface area (TPSA) is 71.8 Å². The second-order valence-electron chi connectivity index (χ2n) is 5.05. The Labute approximate surface area is 104 Å². The fourth-order valence-electron chi connectivity index (χ4n) is 2.72. The van der Waals surface area contributed by atoms with Gasteiger partial charge in [0.25, 0.3) is 5.56 Å². The van der Waals surface area contributed by atoms with Gasteiger partial charge in [0.1, 0.15) is 5.82 Å². The van der Waals surface area contributed by atoms with Crippen LogP contribution >= 0.6 is 11.8 Å². The second-order valence-corrected chi connectivity index (χ2v) is 6.03. The molecule has 0 aromatic carbocycles. The highest BCUT2D eigenvalue weighted by atomic mass is 32.2. The molecule has 1 aromatic rings. The second kappa shape index (κ2) is 4.14. The summed E-state index contributed by atoms with van der Waals surface area (Å²) in [5.74, 6) is 2.35. The van der Waals surface area contributed by atoms with E-state index < -0.39 is 5.54 Å². The predicted molar refractivity (Wildman–Crippen MR) is 68.8 cm³/mol. The molecule has 1 aromatic heterocycles. The molecule has 1 fully saturated rings. The number of hydrogen-bond acceptors (Lipinski definition) is 4. The lowest BCUT2D eigenvalue weighted by atomic mass is 9.82. The van der Waals surface area contributed by atoms with E-state index in [2.05, 4.69) is 9.97 Å². The number of fused-ring (bicyclic) bond motifs is 1. The van der Waals surface area contributed by atoms with Gasteiger partial charge in [-0.2, -0.15) is 11.8 Å². The molecule has 2 aliphatic rings. The van der Waals surface area contributed by atoms with Crippen LogP contribution < -0.4 is 11.3 Å². The first kappa shape index (κ1) is 11.3. The summed E-state index contributed by atoms with van der Waals surface area (Å²) < 4.78 is 0. The van der Waals surface area contributed by atoms with Crippen molar-refractivity contribution in [3.05, 3.63) is 27.4 Å². The van der Waals surface area contributed by atoms with Crippen molar-refractivity contribution in [2.24, 2.45) is 5.73 Å². The van der Waals surface area contributed by atoms with Gasteiger partial charge in [0, 0.05) is 17.1 Å². The first-order valence-corrected chi connectivity index (χ1v) is 7.34. The molecule has 2 heterocycles. The first-order chi connectivity index (χ1) is 8.19. The molecule has 92 valence electrons. The zero-order valence-corrected chi connectivity index (χ0v) is 10.6. The molecule has 1 saturated carbocycles. The Balaban J connectivity index is 2.03. The van der Waals surface area contributed by atoms with Crippen LogP contribution in [-0.2, 0) is 17.0 Å². The summed E-state index contributed by atoms with van der Waals surface area (Å²) in [5, 5.41) is 0. The third-order valence-electron chi connectivity index (χ3n) is 3.80. The van der Waals surface area contributed by atoms with E-state index in [1.165, 1.54) is 6.42 Å². The van der Waals surface area contributed by atoms with Gasteiger partial charge in [-0.25, -0.2) is 4.98 Å². The largest absolute Gasteiger partial charge is 0.319 e. The molecule has 0 unspecified atom stereocenters. The van der Waals surface area contributed by atoms with Crippen molar-refractivity contribution in [1.29, 1.82) is 0 Å².